The topological polar surface area (TPSA) is 75.4 Å². The van der Waals surface area contributed by atoms with Crippen molar-refractivity contribution in [1.29, 1.82) is 0 Å². The van der Waals surface area contributed by atoms with Gasteiger partial charge in [0, 0.05) is 37.4 Å². The molecule has 0 unspecified atom stereocenters. The molecular weight excluding hydrogens is 310 g/mol. The summed E-state index contributed by atoms with van der Waals surface area (Å²) in [6.07, 6.45) is 5.62. The summed E-state index contributed by atoms with van der Waals surface area (Å²) in [5, 5.41) is 5.16. The van der Waals surface area contributed by atoms with E-state index in [2.05, 4.69) is 16.8 Å². The lowest BCUT2D eigenvalue weighted by atomic mass is 9.97. The van der Waals surface area contributed by atoms with Gasteiger partial charge in [-0.15, -0.1) is 11.3 Å². The Hall–Kier alpha value is -1.40. The highest BCUT2D eigenvalue weighted by molar-refractivity contribution is 7.10. The maximum Gasteiger partial charge on any atom is 0.223 e. The van der Waals surface area contributed by atoms with E-state index in [1.54, 1.807) is 11.3 Å². The van der Waals surface area contributed by atoms with E-state index in [0.29, 0.717) is 13.1 Å². The van der Waals surface area contributed by atoms with Gasteiger partial charge in [-0.2, -0.15) is 0 Å². The van der Waals surface area contributed by atoms with Crippen LogP contribution in [0.25, 0.3) is 0 Å². The number of hydrogen-bond donors (Lipinski definition) is 2. The summed E-state index contributed by atoms with van der Waals surface area (Å²) >= 11 is 1.76. The van der Waals surface area contributed by atoms with Gasteiger partial charge in [-0.3, -0.25) is 9.59 Å². The van der Waals surface area contributed by atoms with E-state index in [-0.39, 0.29) is 30.2 Å². The van der Waals surface area contributed by atoms with Crippen molar-refractivity contribution >= 4 is 23.2 Å². The lowest BCUT2D eigenvalue weighted by molar-refractivity contribution is -0.134. The zero-order chi connectivity index (χ0) is 16.3. The number of nitrogens with one attached hydrogen (secondary N) is 1. The Labute approximate surface area is 141 Å². The minimum Gasteiger partial charge on any atom is -0.349 e. The van der Waals surface area contributed by atoms with Crippen molar-refractivity contribution in [2.75, 3.05) is 13.1 Å². The molecule has 1 saturated carbocycles. The van der Waals surface area contributed by atoms with Crippen LogP contribution in [-0.4, -0.2) is 35.3 Å². The van der Waals surface area contributed by atoms with Gasteiger partial charge in [0.1, 0.15) is 0 Å². The van der Waals surface area contributed by atoms with E-state index in [9.17, 15) is 9.59 Å². The van der Waals surface area contributed by atoms with Gasteiger partial charge in [0.05, 0.1) is 5.54 Å². The van der Waals surface area contributed by atoms with Gasteiger partial charge < -0.3 is 16.0 Å². The number of thiophene rings is 1. The predicted molar refractivity (Wildman–Crippen MR) is 91.1 cm³/mol. The monoisotopic (exact) mass is 335 g/mol. The quantitative estimate of drug-likeness (QED) is 0.861. The second kappa shape index (κ2) is 7.01. The number of carbonyl (C=O) groups is 2. The molecule has 1 aliphatic heterocycles. The molecule has 1 aliphatic carbocycles. The third-order valence-electron chi connectivity index (χ3n) is 5.08. The van der Waals surface area contributed by atoms with Crippen LogP contribution in [-0.2, 0) is 22.6 Å². The first kappa shape index (κ1) is 16.5. The number of amides is 2. The first-order valence-corrected chi connectivity index (χ1v) is 9.34. The highest BCUT2D eigenvalue weighted by atomic mass is 32.1. The van der Waals surface area contributed by atoms with Gasteiger partial charge in [-0.25, -0.2) is 0 Å². The molecule has 0 saturated heterocycles. The van der Waals surface area contributed by atoms with E-state index >= 15 is 0 Å². The van der Waals surface area contributed by atoms with Gasteiger partial charge in [0.2, 0.25) is 11.8 Å². The Balaban J connectivity index is 1.46. The van der Waals surface area contributed by atoms with E-state index in [1.807, 2.05) is 4.90 Å². The molecular formula is C17H25N3O2S. The normalized spacial score (nSPS) is 19.4. The summed E-state index contributed by atoms with van der Waals surface area (Å²) in [7, 11) is 0. The van der Waals surface area contributed by atoms with Crippen molar-refractivity contribution in [2.24, 2.45) is 5.73 Å². The van der Waals surface area contributed by atoms with Crippen molar-refractivity contribution < 1.29 is 9.59 Å². The maximum atomic E-state index is 12.3. The molecule has 2 aliphatic rings. The van der Waals surface area contributed by atoms with Crippen LogP contribution in [0.4, 0.5) is 0 Å². The van der Waals surface area contributed by atoms with Gasteiger partial charge in [-0.05, 0) is 36.3 Å². The fraction of sp³-hybridized carbons (Fsp3) is 0.647. The molecule has 0 atom stereocenters. The molecule has 0 radical (unpaired) electrons. The fourth-order valence-corrected chi connectivity index (χ4v) is 4.52. The van der Waals surface area contributed by atoms with Gasteiger partial charge in [0.15, 0.2) is 0 Å². The highest BCUT2D eigenvalue weighted by Gasteiger charge is 2.33. The third-order valence-corrected chi connectivity index (χ3v) is 6.11. The molecule has 1 aromatic heterocycles. The van der Waals surface area contributed by atoms with Crippen LogP contribution in [0.5, 0.6) is 0 Å². The Bertz CT molecular complexity index is 578. The molecule has 5 nitrogen and oxygen atoms in total. The van der Waals surface area contributed by atoms with Crippen molar-refractivity contribution in [3.05, 3.63) is 21.9 Å². The minimum atomic E-state index is -0.225. The Morgan fingerprint density at radius 2 is 2.09 bits per heavy atom. The molecule has 2 amide bonds. The smallest absolute Gasteiger partial charge is 0.223 e. The predicted octanol–water partition coefficient (Wildman–Crippen LogP) is 1.80. The van der Waals surface area contributed by atoms with Crippen LogP contribution < -0.4 is 11.1 Å². The average molecular weight is 335 g/mol. The molecule has 3 rings (SSSR count). The van der Waals surface area contributed by atoms with Crippen LogP contribution in [0.1, 0.15) is 49.0 Å². The summed E-state index contributed by atoms with van der Waals surface area (Å²) in [6, 6.07) is 2.09. The lowest BCUT2D eigenvalue weighted by Gasteiger charge is -2.29. The summed E-state index contributed by atoms with van der Waals surface area (Å²) < 4.78 is 0. The summed E-state index contributed by atoms with van der Waals surface area (Å²) in [6.45, 7) is 1.94. The standard InChI is InChI=1S/C17H25N3O2S/c18-12-17(7-1-2-8-17)19-15(21)3-4-16(22)20-9-5-14-13(11-20)6-10-23-14/h6,10H,1-5,7-9,11-12,18H2,(H,19,21). The van der Waals surface area contributed by atoms with Crippen LogP contribution in [0, 0.1) is 0 Å². The first-order chi connectivity index (χ1) is 11.1. The molecule has 126 valence electrons. The second-order valence-electron chi connectivity index (χ2n) is 6.67. The van der Waals surface area contributed by atoms with E-state index in [0.717, 1.165) is 38.6 Å². The van der Waals surface area contributed by atoms with Gasteiger partial charge in [-0.1, -0.05) is 12.8 Å². The SMILES string of the molecule is NCC1(NC(=O)CCC(=O)N2CCc3sccc3C2)CCCC1. The molecule has 0 bridgehead atoms. The molecule has 6 heteroatoms. The average Bonchev–Trinajstić information content (AvgIpc) is 3.21. The second-order valence-corrected chi connectivity index (χ2v) is 7.67. The minimum absolute atomic E-state index is 0.0427. The van der Waals surface area contributed by atoms with Crippen molar-refractivity contribution in [3.8, 4) is 0 Å². The Morgan fingerprint density at radius 3 is 2.83 bits per heavy atom. The molecule has 1 fully saturated rings. The number of nitrogens with two attached hydrogens (primary N) is 1. The third kappa shape index (κ3) is 3.75. The largest absolute Gasteiger partial charge is 0.349 e. The van der Waals surface area contributed by atoms with Crippen molar-refractivity contribution in [2.45, 2.75) is 57.0 Å². The number of carbonyl (C=O) groups excluding carboxylic acids is 2. The highest BCUT2D eigenvalue weighted by Crippen LogP contribution is 2.29. The Morgan fingerprint density at radius 1 is 1.30 bits per heavy atom. The van der Waals surface area contributed by atoms with E-state index < -0.39 is 0 Å². The van der Waals surface area contributed by atoms with Gasteiger partial charge in [0.25, 0.3) is 0 Å². The van der Waals surface area contributed by atoms with E-state index in [4.69, 9.17) is 5.73 Å². The molecule has 0 aromatic carbocycles. The number of rotatable bonds is 5. The fourth-order valence-electron chi connectivity index (χ4n) is 3.63. The molecule has 0 spiro atoms. The lowest BCUT2D eigenvalue weighted by Crippen LogP contribution is -2.51. The molecule has 3 N–H and O–H groups in total. The van der Waals surface area contributed by atoms with Crippen molar-refractivity contribution in [1.82, 2.24) is 10.2 Å². The summed E-state index contributed by atoms with van der Waals surface area (Å²) in [5.41, 5.74) is 6.87. The molecule has 1 aromatic rings. The number of nitrogens with zero attached hydrogens (tertiary/aromatic N) is 1. The Kier molecular flexibility index (Phi) is 5.02. The summed E-state index contributed by atoms with van der Waals surface area (Å²) in [4.78, 5) is 27.8. The first-order valence-electron chi connectivity index (χ1n) is 8.46. The zero-order valence-electron chi connectivity index (χ0n) is 13.5. The maximum absolute atomic E-state index is 12.3. The van der Waals surface area contributed by atoms with E-state index in [1.165, 1.54) is 10.4 Å². The molecule has 2 heterocycles. The zero-order valence-corrected chi connectivity index (χ0v) is 14.3. The van der Waals surface area contributed by atoms with Crippen LogP contribution in [0.2, 0.25) is 0 Å². The van der Waals surface area contributed by atoms with Crippen LogP contribution >= 0.6 is 11.3 Å². The number of fused-ring (bicyclic) bond motifs is 1. The van der Waals surface area contributed by atoms with Gasteiger partial charge >= 0.3 is 0 Å². The number of hydrogen-bond acceptors (Lipinski definition) is 4. The summed E-state index contributed by atoms with van der Waals surface area (Å²) in [5.74, 6) is 0.0316. The molecule has 23 heavy (non-hydrogen) atoms. The van der Waals surface area contributed by atoms with Crippen LogP contribution in [0.3, 0.4) is 0 Å². The van der Waals surface area contributed by atoms with Crippen molar-refractivity contribution in [3.63, 3.8) is 0 Å². The van der Waals surface area contributed by atoms with Crippen LogP contribution in [0.15, 0.2) is 11.4 Å².